The molecule has 1 amide bonds. The molecular formula is C3H7NOV. The Bertz CT molecular complexity index is 42.1. The molecular weight excluding hydrogens is 117 g/mol. The van der Waals surface area contributed by atoms with Crippen molar-refractivity contribution >= 4 is 11.1 Å². The summed E-state index contributed by atoms with van der Waals surface area (Å²) >= 11 is 2.06. The van der Waals surface area contributed by atoms with Gasteiger partial charge in [0.25, 0.3) is 0 Å². The van der Waals surface area contributed by atoms with Gasteiger partial charge < -0.3 is 5.73 Å². The molecule has 0 heterocycles. The van der Waals surface area contributed by atoms with Gasteiger partial charge in [0.05, 0.1) is 0 Å². The average molecular weight is 124 g/mol. The van der Waals surface area contributed by atoms with Gasteiger partial charge in [-0.15, -0.1) is 0 Å². The number of carbonyl (C=O) groups excluding carboxylic acids is 1. The molecule has 0 aliphatic heterocycles. The molecule has 0 spiro atoms. The van der Waals surface area contributed by atoms with E-state index in [1.807, 2.05) is 0 Å². The third kappa shape index (κ3) is 5870. The van der Waals surface area contributed by atoms with Crippen LogP contribution in [0, 0.1) is 0 Å². The normalized spacial score (nSPS) is 4.67. The zero-order valence-electron chi connectivity index (χ0n) is 3.64. The Morgan fingerprint density at radius 1 is 1.83 bits per heavy atom. The Labute approximate surface area is 46.2 Å². The topological polar surface area (TPSA) is 43.1 Å². The zero-order valence-corrected chi connectivity index (χ0v) is 5.04. The summed E-state index contributed by atoms with van der Waals surface area (Å²) in [6.45, 7) is 1.31. The Morgan fingerprint density at radius 3 is 1.83 bits per heavy atom. The first-order chi connectivity index (χ1) is 2.73. The van der Waals surface area contributed by atoms with Gasteiger partial charge in [-0.25, -0.2) is 0 Å². The molecule has 0 saturated carbocycles. The van der Waals surface area contributed by atoms with Crippen LogP contribution in [0.4, 0.5) is 0 Å². The second-order valence-electron chi connectivity index (χ2n) is 0.611. The van der Waals surface area contributed by atoms with Crippen molar-refractivity contribution in [2.24, 2.45) is 5.73 Å². The molecule has 0 saturated heterocycles. The number of amides is 1. The summed E-state index contributed by atoms with van der Waals surface area (Å²) in [4.78, 5) is 9.22. The number of hydrogen-bond donors (Lipinski definition) is 1. The monoisotopic (exact) mass is 124 g/mol. The van der Waals surface area contributed by atoms with Crippen LogP contribution >= 0.6 is 0 Å². The van der Waals surface area contributed by atoms with E-state index in [-0.39, 0.29) is 5.91 Å². The molecule has 0 aliphatic rings. The molecule has 35 valence electrons. The standard InChI is InChI=1S/C2H5NO.CH2.V/c1-2(3)4;;/h1H3,(H2,3,4);1H2;. The van der Waals surface area contributed by atoms with E-state index in [2.05, 4.69) is 27.9 Å². The fourth-order valence-corrected chi connectivity index (χ4v) is 0. The van der Waals surface area contributed by atoms with Gasteiger partial charge in [-0.05, 0) is 0 Å². The van der Waals surface area contributed by atoms with E-state index in [4.69, 9.17) is 0 Å². The molecule has 0 radical (unpaired) electrons. The Balaban J connectivity index is 0. The van der Waals surface area contributed by atoms with Gasteiger partial charge in [-0.2, -0.15) is 0 Å². The third-order valence-corrected chi connectivity index (χ3v) is 0. The van der Waals surface area contributed by atoms with Crippen LogP contribution in [0.15, 0.2) is 0 Å². The fraction of sp³-hybridized carbons (Fsp3) is 0.333. The molecule has 0 unspecified atom stereocenters. The van der Waals surface area contributed by atoms with Crippen molar-refractivity contribution in [3.8, 4) is 0 Å². The first-order valence-corrected chi connectivity index (χ1v) is 2.30. The van der Waals surface area contributed by atoms with Gasteiger partial charge in [-0.3, -0.25) is 4.79 Å². The number of rotatable bonds is 0. The molecule has 2 N–H and O–H groups in total. The second kappa shape index (κ2) is 8.87. The molecule has 0 aliphatic carbocycles. The van der Waals surface area contributed by atoms with E-state index in [0.29, 0.717) is 0 Å². The zero-order chi connectivity index (χ0) is 5.58. The molecule has 0 rings (SSSR count). The van der Waals surface area contributed by atoms with E-state index in [1.54, 1.807) is 0 Å². The number of hydrogen-bond acceptors (Lipinski definition) is 1. The summed E-state index contributed by atoms with van der Waals surface area (Å²) in [5.74, 6) is -0.333. The first-order valence-electron chi connectivity index (χ1n) is 1.31. The summed E-state index contributed by atoms with van der Waals surface area (Å²) in [6, 6.07) is 0. The van der Waals surface area contributed by atoms with Gasteiger partial charge in [0.15, 0.2) is 0 Å². The van der Waals surface area contributed by atoms with Crippen LogP contribution in [0.5, 0.6) is 0 Å². The van der Waals surface area contributed by atoms with Crippen LogP contribution in [0.1, 0.15) is 6.92 Å². The van der Waals surface area contributed by atoms with Crippen LogP contribution in [0.25, 0.3) is 0 Å². The van der Waals surface area contributed by atoms with Gasteiger partial charge in [0.1, 0.15) is 0 Å². The number of nitrogens with two attached hydrogens (primary N) is 1. The van der Waals surface area contributed by atoms with Crippen molar-refractivity contribution in [2.45, 2.75) is 6.92 Å². The molecule has 0 atom stereocenters. The summed E-state index contributed by atoms with van der Waals surface area (Å²) in [5.41, 5.74) is 4.47. The summed E-state index contributed by atoms with van der Waals surface area (Å²) in [5, 5.41) is 3.19. The van der Waals surface area contributed by atoms with Crippen molar-refractivity contribution in [3.63, 3.8) is 0 Å². The van der Waals surface area contributed by atoms with Crippen molar-refractivity contribution in [1.82, 2.24) is 0 Å². The van der Waals surface area contributed by atoms with E-state index in [9.17, 15) is 4.79 Å². The van der Waals surface area contributed by atoms with Crippen molar-refractivity contribution in [1.29, 1.82) is 0 Å². The average Bonchev–Trinajstić information content (AvgIpc) is 1.41. The fourth-order valence-electron chi connectivity index (χ4n) is 0. The summed E-state index contributed by atoms with van der Waals surface area (Å²) in [6.07, 6.45) is 0. The van der Waals surface area contributed by atoms with Gasteiger partial charge >= 0.3 is 22.2 Å². The Hall–Kier alpha value is -0.0756. The first kappa shape index (κ1) is 9.33. The number of carbonyl (C=O) groups is 1. The minimum absolute atomic E-state index is 0.333. The van der Waals surface area contributed by atoms with Crippen LogP contribution in [0.3, 0.4) is 0 Å². The molecule has 2 nitrogen and oxygen atoms in total. The maximum atomic E-state index is 9.22. The number of primary amides is 1. The van der Waals surface area contributed by atoms with Gasteiger partial charge in [0, 0.05) is 6.92 Å². The van der Waals surface area contributed by atoms with Crippen LogP contribution < -0.4 is 5.73 Å². The van der Waals surface area contributed by atoms with Crippen molar-refractivity contribution < 1.29 is 21.8 Å². The predicted molar refractivity (Wildman–Crippen MR) is 22.0 cm³/mol. The van der Waals surface area contributed by atoms with Gasteiger partial charge in [-0.1, -0.05) is 0 Å². The third-order valence-electron chi connectivity index (χ3n) is 0. The quantitative estimate of drug-likeness (QED) is 0.462. The molecule has 0 bridgehead atoms. The Kier molecular flexibility index (Phi) is 13.8. The summed E-state index contributed by atoms with van der Waals surface area (Å²) < 4.78 is 0. The predicted octanol–water partition coefficient (Wildman–Crippen LogP) is -0.543. The second-order valence-corrected chi connectivity index (χ2v) is 0.611. The van der Waals surface area contributed by atoms with Crippen molar-refractivity contribution in [2.75, 3.05) is 0 Å². The maximum absolute atomic E-state index is 9.22. The van der Waals surface area contributed by atoms with Crippen molar-refractivity contribution in [3.05, 3.63) is 0 Å². The SMILES string of the molecule is CC(N)=O.[CH2]=[V]. The minimum atomic E-state index is -0.333. The molecule has 6 heavy (non-hydrogen) atoms. The molecule has 0 aromatic carbocycles. The van der Waals surface area contributed by atoms with Crippen LogP contribution in [-0.2, 0) is 21.8 Å². The van der Waals surface area contributed by atoms with Crippen LogP contribution in [-0.4, -0.2) is 11.1 Å². The van der Waals surface area contributed by atoms with E-state index >= 15 is 0 Å². The van der Waals surface area contributed by atoms with E-state index in [1.165, 1.54) is 6.92 Å². The molecule has 0 aromatic rings. The van der Waals surface area contributed by atoms with E-state index in [0.717, 1.165) is 0 Å². The Morgan fingerprint density at radius 2 is 1.83 bits per heavy atom. The molecule has 3 heteroatoms. The van der Waals surface area contributed by atoms with Gasteiger partial charge in [0.2, 0.25) is 5.91 Å². The molecule has 0 aromatic heterocycles. The van der Waals surface area contributed by atoms with E-state index < -0.39 is 0 Å². The van der Waals surface area contributed by atoms with Crippen LogP contribution in [0.2, 0.25) is 0 Å². The summed E-state index contributed by atoms with van der Waals surface area (Å²) in [7, 11) is 0. The molecule has 0 fully saturated rings.